The van der Waals surface area contributed by atoms with Gasteiger partial charge in [-0.05, 0) is 12.8 Å². The van der Waals surface area contributed by atoms with Gasteiger partial charge in [-0.2, -0.15) is 0 Å². The summed E-state index contributed by atoms with van der Waals surface area (Å²) in [5.41, 5.74) is 6.08. The zero-order valence-corrected chi connectivity index (χ0v) is 11.0. The maximum absolute atomic E-state index is 11.9. The minimum absolute atomic E-state index is 0.107. The lowest BCUT2D eigenvalue weighted by molar-refractivity contribution is -0.123. The van der Waals surface area contributed by atoms with Crippen LogP contribution in [0, 0.1) is 0 Å². The molecule has 1 heterocycles. The molecule has 1 aromatic heterocycles. The summed E-state index contributed by atoms with van der Waals surface area (Å²) in [6.45, 7) is 0.416. The third kappa shape index (κ3) is 4.00. The molecule has 1 aromatic rings. The van der Waals surface area contributed by atoms with Crippen molar-refractivity contribution < 1.29 is 9.90 Å². The second-order valence-corrected chi connectivity index (χ2v) is 4.99. The van der Waals surface area contributed by atoms with Gasteiger partial charge in [0.05, 0.1) is 24.0 Å². The van der Waals surface area contributed by atoms with E-state index < -0.39 is 6.10 Å². The highest BCUT2D eigenvalue weighted by Gasteiger charge is 2.23. The highest BCUT2D eigenvalue weighted by Crippen LogP contribution is 2.17. The fourth-order valence-corrected chi connectivity index (χ4v) is 2.37. The molecule has 1 aliphatic rings. The van der Waals surface area contributed by atoms with Crippen LogP contribution in [0.25, 0.3) is 0 Å². The maximum Gasteiger partial charge on any atom is 0.242 e. The number of rotatable bonds is 4. The lowest BCUT2D eigenvalue weighted by Crippen LogP contribution is -2.44. The molecule has 106 valence electrons. The number of aliphatic hydroxyl groups is 1. The van der Waals surface area contributed by atoms with Crippen LogP contribution in [-0.2, 0) is 17.9 Å². The lowest BCUT2D eigenvalue weighted by atomic mass is 10.1. The molecule has 7 heteroatoms. The van der Waals surface area contributed by atoms with E-state index in [1.54, 1.807) is 6.20 Å². The Kier molecular flexibility index (Phi) is 4.86. The second-order valence-electron chi connectivity index (χ2n) is 4.99. The number of nitrogens with two attached hydrogens (primary N) is 1. The molecule has 0 bridgehead atoms. The molecule has 7 nitrogen and oxygen atoms in total. The zero-order valence-electron chi connectivity index (χ0n) is 11.0. The van der Waals surface area contributed by atoms with Crippen LogP contribution in [0.5, 0.6) is 0 Å². The van der Waals surface area contributed by atoms with E-state index in [-0.39, 0.29) is 18.5 Å². The fraction of sp³-hybridized carbons (Fsp3) is 0.750. The van der Waals surface area contributed by atoms with Gasteiger partial charge in [-0.1, -0.05) is 24.5 Å². The Morgan fingerprint density at radius 1 is 1.47 bits per heavy atom. The van der Waals surface area contributed by atoms with E-state index in [2.05, 4.69) is 15.6 Å². The minimum atomic E-state index is -0.443. The van der Waals surface area contributed by atoms with E-state index in [9.17, 15) is 9.90 Å². The summed E-state index contributed by atoms with van der Waals surface area (Å²) in [4.78, 5) is 11.9. The fourth-order valence-electron chi connectivity index (χ4n) is 2.37. The normalized spacial score (nSPS) is 23.9. The van der Waals surface area contributed by atoms with Gasteiger partial charge in [0.15, 0.2) is 0 Å². The SMILES string of the molecule is NCc1cn(CC(=O)NC2CCCCCC2O)nn1. The summed E-state index contributed by atoms with van der Waals surface area (Å²) in [7, 11) is 0. The first kappa shape index (κ1) is 14.0. The summed E-state index contributed by atoms with van der Waals surface area (Å²) in [6.07, 6.45) is 5.99. The number of nitrogens with zero attached hydrogens (tertiary/aromatic N) is 3. The van der Waals surface area contributed by atoms with Gasteiger partial charge in [0.2, 0.25) is 5.91 Å². The molecule has 2 unspecified atom stereocenters. The van der Waals surface area contributed by atoms with Crippen molar-refractivity contribution in [3.8, 4) is 0 Å². The Morgan fingerprint density at radius 3 is 3.00 bits per heavy atom. The quantitative estimate of drug-likeness (QED) is 0.640. The minimum Gasteiger partial charge on any atom is -0.391 e. The molecule has 2 rings (SSSR count). The number of carbonyl (C=O) groups is 1. The van der Waals surface area contributed by atoms with Crippen LogP contribution < -0.4 is 11.1 Å². The van der Waals surface area contributed by atoms with Crippen LogP contribution in [0.4, 0.5) is 0 Å². The van der Waals surface area contributed by atoms with E-state index in [4.69, 9.17) is 5.73 Å². The number of hydrogen-bond acceptors (Lipinski definition) is 5. The van der Waals surface area contributed by atoms with Gasteiger partial charge in [0, 0.05) is 6.54 Å². The van der Waals surface area contributed by atoms with Gasteiger partial charge in [0.25, 0.3) is 0 Å². The van der Waals surface area contributed by atoms with Crippen molar-refractivity contribution in [1.29, 1.82) is 0 Å². The summed E-state index contributed by atoms with van der Waals surface area (Å²) in [5, 5.41) is 20.5. The molecule has 2 atom stereocenters. The van der Waals surface area contributed by atoms with E-state index >= 15 is 0 Å². The molecule has 4 N–H and O–H groups in total. The van der Waals surface area contributed by atoms with Crippen molar-refractivity contribution in [2.45, 2.75) is 57.3 Å². The van der Waals surface area contributed by atoms with Gasteiger partial charge in [-0.15, -0.1) is 5.10 Å². The first-order chi connectivity index (χ1) is 9.19. The third-order valence-electron chi connectivity index (χ3n) is 3.43. The smallest absolute Gasteiger partial charge is 0.242 e. The van der Waals surface area contributed by atoms with Crippen LogP contribution in [0.2, 0.25) is 0 Å². The highest BCUT2D eigenvalue weighted by atomic mass is 16.3. The van der Waals surface area contributed by atoms with Gasteiger partial charge in [-0.25, -0.2) is 4.68 Å². The number of aliphatic hydroxyl groups excluding tert-OH is 1. The number of hydrogen-bond donors (Lipinski definition) is 3. The zero-order chi connectivity index (χ0) is 13.7. The Morgan fingerprint density at radius 2 is 2.26 bits per heavy atom. The summed E-state index contributed by atoms with van der Waals surface area (Å²) in [6, 6.07) is -0.146. The molecule has 0 aliphatic heterocycles. The molecule has 0 spiro atoms. The van der Waals surface area contributed by atoms with Gasteiger partial charge < -0.3 is 16.2 Å². The molecule has 0 radical (unpaired) electrons. The van der Waals surface area contributed by atoms with Crippen molar-refractivity contribution in [1.82, 2.24) is 20.3 Å². The van der Waals surface area contributed by atoms with Gasteiger partial charge in [-0.3, -0.25) is 4.79 Å². The van der Waals surface area contributed by atoms with Crippen LogP contribution >= 0.6 is 0 Å². The molecular weight excluding hydrogens is 246 g/mol. The number of carbonyl (C=O) groups excluding carboxylic acids is 1. The highest BCUT2D eigenvalue weighted by molar-refractivity contribution is 5.76. The third-order valence-corrected chi connectivity index (χ3v) is 3.43. The van der Waals surface area contributed by atoms with E-state index in [0.717, 1.165) is 32.1 Å². The lowest BCUT2D eigenvalue weighted by Gasteiger charge is -2.21. The molecule has 1 fully saturated rings. The van der Waals surface area contributed by atoms with Crippen molar-refractivity contribution in [3.05, 3.63) is 11.9 Å². The molecule has 19 heavy (non-hydrogen) atoms. The molecular formula is C12H21N5O2. The van der Waals surface area contributed by atoms with Crippen molar-refractivity contribution in [2.75, 3.05) is 0 Å². The summed E-state index contributed by atoms with van der Waals surface area (Å²) >= 11 is 0. The monoisotopic (exact) mass is 267 g/mol. The van der Waals surface area contributed by atoms with Crippen molar-refractivity contribution in [2.24, 2.45) is 5.73 Å². The number of aromatic nitrogens is 3. The van der Waals surface area contributed by atoms with Crippen LogP contribution in [0.1, 0.15) is 37.8 Å². The van der Waals surface area contributed by atoms with Gasteiger partial charge >= 0.3 is 0 Å². The summed E-state index contributed by atoms with van der Waals surface area (Å²) < 4.78 is 1.46. The van der Waals surface area contributed by atoms with Crippen LogP contribution in [-0.4, -0.2) is 38.2 Å². The Balaban J connectivity index is 1.85. The molecule has 0 saturated heterocycles. The Labute approximate surface area is 112 Å². The van der Waals surface area contributed by atoms with E-state index in [1.807, 2.05) is 0 Å². The van der Waals surface area contributed by atoms with Crippen LogP contribution in [0.15, 0.2) is 6.20 Å². The Bertz CT molecular complexity index is 420. The molecule has 1 saturated carbocycles. The molecule has 0 aromatic carbocycles. The second kappa shape index (κ2) is 6.63. The summed E-state index contributed by atoms with van der Waals surface area (Å²) in [5.74, 6) is -0.153. The Hall–Kier alpha value is -1.47. The van der Waals surface area contributed by atoms with Crippen molar-refractivity contribution in [3.63, 3.8) is 0 Å². The maximum atomic E-state index is 11.9. The first-order valence-corrected chi connectivity index (χ1v) is 6.75. The molecule has 1 amide bonds. The van der Waals surface area contributed by atoms with Crippen LogP contribution in [0.3, 0.4) is 0 Å². The number of amides is 1. The van der Waals surface area contributed by atoms with E-state index in [1.165, 1.54) is 4.68 Å². The van der Waals surface area contributed by atoms with Crippen molar-refractivity contribution >= 4 is 5.91 Å². The average molecular weight is 267 g/mol. The average Bonchev–Trinajstić information content (AvgIpc) is 2.74. The number of nitrogens with one attached hydrogen (secondary N) is 1. The predicted octanol–water partition coefficient (Wildman–Crippen LogP) is -0.453. The predicted molar refractivity (Wildman–Crippen MR) is 68.9 cm³/mol. The standard InChI is InChI=1S/C12H21N5O2/c13-6-9-7-17(16-15-9)8-12(19)14-10-4-2-1-3-5-11(10)18/h7,10-11,18H,1-6,8,13H2,(H,14,19). The van der Waals surface area contributed by atoms with Gasteiger partial charge in [0.1, 0.15) is 6.54 Å². The topological polar surface area (TPSA) is 106 Å². The van der Waals surface area contributed by atoms with E-state index in [0.29, 0.717) is 12.2 Å². The molecule has 1 aliphatic carbocycles. The first-order valence-electron chi connectivity index (χ1n) is 6.75. The largest absolute Gasteiger partial charge is 0.391 e.